The van der Waals surface area contributed by atoms with E-state index in [4.69, 9.17) is 5.11 Å². The molecule has 0 radical (unpaired) electrons. The lowest BCUT2D eigenvalue weighted by Crippen LogP contribution is -2.06. The van der Waals surface area contributed by atoms with Gasteiger partial charge >= 0.3 is 0 Å². The predicted octanol–water partition coefficient (Wildman–Crippen LogP) is 2.46. The molecular weight excluding hydrogens is 202 g/mol. The Morgan fingerprint density at radius 2 is 2.06 bits per heavy atom. The zero-order valence-corrected chi connectivity index (χ0v) is 9.64. The summed E-state index contributed by atoms with van der Waals surface area (Å²) in [5, 5.41) is 19.7. The second-order valence-electron chi connectivity index (χ2n) is 4.28. The highest BCUT2D eigenvalue weighted by Gasteiger charge is 2.12. The summed E-state index contributed by atoms with van der Waals surface area (Å²) in [5.41, 5.74) is 2.09. The Hall–Kier alpha value is -1.48. The molecule has 1 aromatic heterocycles. The molecule has 0 aliphatic rings. The fourth-order valence-corrected chi connectivity index (χ4v) is 2.21. The highest BCUT2D eigenvalue weighted by atomic mass is 16.3. The smallest absolute Gasteiger partial charge is 0.124 e. The molecule has 16 heavy (non-hydrogen) atoms. The van der Waals surface area contributed by atoms with Crippen molar-refractivity contribution >= 4 is 10.9 Å². The SMILES string of the molecule is CC(C)n1c(CCO)cc2c(O)cccc21. The molecule has 0 spiro atoms. The average Bonchev–Trinajstić information content (AvgIpc) is 2.58. The van der Waals surface area contributed by atoms with Crippen molar-refractivity contribution in [2.75, 3.05) is 6.61 Å². The zero-order valence-electron chi connectivity index (χ0n) is 9.64. The van der Waals surface area contributed by atoms with Gasteiger partial charge in [0.2, 0.25) is 0 Å². The largest absolute Gasteiger partial charge is 0.507 e. The second-order valence-corrected chi connectivity index (χ2v) is 4.28. The maximum atomic E-state index is 9.78. The van der Waals surface area contributed by atoms with Crippen molar-refractivity contribution in [1.82, 2.24) is 4.57 Å². The third-order valence-corrected chi connectivity index (χ3v) is 2.82. The van der Waals surface area contributed by atoms with Crippen molar-refractivity contribution in [3.8, 4) is 5.75 Å². The molecule has 0 aliphatic heterocycles. The lowest BCUT2D eigenvalue weighted by atomic mass is 10.2. The molecule has 3 heteroatoms. The minimum absolute atomic E-state index is 0.129. The van der Waals surface area contributed by atoms with Gasteiger partial charge in [0.05, 0.1) is 5.52 Å². The summed E-state index contributed by atoms with van der Waals surface area (Å²) in [6.07, 6.45) is 0.617. The summed E-state index contributed by atoms with van der Waals surface area (Å²) in [5.74, 6) is 0.302. The van der Waals surface area contributed by atoms with Gasteiger partial charge in [-0.2, -0.15) is 0 Å². The Morgan fingerprint density at radius 3 is 2.69 bits per heavy atom. The molecule has 2 aromatic rings. The minimum atomic E-state index is 0.129. The zero-order chi connectivity index (χ0) is 11.7. The van der Waals surface area contributed by atoms with Crippen LogP contribution in [-0.2, 0) is 6.42 Å². The van der Waals surface area contributed by atoms with Gasteiger partial charge in [0.15, 0.2) is 0 Å². The lowest BCUT2D eigenvalue weighted by molar-refractivity contribution is 0.296. The van der Waals surface area contributed by atoms with Crippen molar-refractivity contribution < 1.29 is 10.2 Å². The van der Waals surface area contributed by atoms with E-state index in [-0.39, 0.29) is 6.61 Å². The molecule has 0 atom stereocenters. The van der Waals surface area contributed by atoms with E-state index in [2.05, 4.69) is 18.4 Å². The van der Waals surface area contributed by atoms with Gasteiger partial charge in [-0.1, -0.05) is 6.07 Å². The quantitative estimate of drug-likeness (QED) is 0.833. The Labute approximate surface area is 94.9 Å². The van der Waals surface area contributed by atoms with E-state index in [1.54, 1.807) is 6.07 Å². The number of aromatic nitrogens is 1. The molecule has 0 fully saturated rings. The molecule has 0 unspecified atom stereocenters. The summed E-state index contributed by atoms with van der Waals surface area (Å²) in [6.45, 7) is 4.33. The number of nitrogens with zero attached hydrogens (tertiary/aromatic N) is 1. The van der Waals surface area contributed by atoms with E-state index in [0.29, 0.717) is 18.2 Å². The molecule has 86 valence electrons. The van der Waals surface area contributed by atoms with Gasteiger partial charge in [-0.05, 0) is 32.0 Å². The summed E-state index contributed by atoms with van der Waals surface area (Å²) < 4.78 is 2.16. The molecule has 2 N–H and O–H groups in total. The van der Waals surface area contributed by atoms with E-state index in [0.717, 1.165) is 16.6 Å². The highest BCUT2D eigenvalue weighted by molar-refractivity contribution is 5.87. The average molecular weight is 219 g/mol. The van der Waals surface area contributed by atoms with Crippen LogP contribution in [0.5, 0.6) is 5.75 Å². The van der Waals surface area contributed by atoms with Gasteiger partial charge in [0.25, 0.3) is 0 Å². The molecule has 0 amide bonds. The van der Waals surface area contributed by atoms with Crippen LogP contribution in [0.15, 0.2) is 24.3 Å². The molecule has 0 bridgehead atoms. The van der Waals surface area contributed by atoms with Crippen LogP contribution in [0.3, 0.4) is 0 Å². The standard InChI is InChI=1S/C13H17NO2/c1-9(2)14-10(6-7-15)8-11-12(14)4-3-5-13(11)16/h3-5,8-9,15-16H,6-7H2,1-2H3. The maximum absolute atomic E-state index is 9.78. The van der Waals surface area contributed by atoms with Crippen LogP contribution in [0, 0.1) is 0 Å². The fraction of sp³-hybridized carbons (Fsp3) is 0.385. The van der Waals surface area contributed by atoms with Crippen LogP contribution in [0.2, 0.25) is 0 Å². The molecule has 1 aromatic carbocycles. The molecule has 2 rings (SSSR count). The fourth-order valence-electron chi connectivity index (χ4n) is 2.21. The number of hydrogen-bond acceptors (Lipinski definition) is 2. The maximum Gasteiger partial charge on any atom is 0.124 e. The first kappa shape index (κ1) is 11.0. The molecular formula is C13H17NO2. The van der Waals surface area contributed by atoms with Crippen LogP contribution >= 0.6 is 0 Å². The van der Waals surface area contributed by atoms with Gasteiger partial charge in [-0.25, -0.2) is 0 Å². The van der Waals surface area contributed by atoms with Crippen molar-refractivity contribution in [1.29, 1.82) is 0 Å². The third kappa shape index (κ3) is 1.67. The Morgan fingerprint density at radius 1 is 1.31 bits per heavy atom. The first-order chi connectivity index (χ1) is 7.65. The van der Waals surface area contributed by atoms with Crippen LogP contribution < -0.4 is 0 Å². The van der Waals surface area contributed by atoms with Gasteiger partial charge in [-0.15, -0.1) is 0 Å². The van der Waals surface area contributed by atoms with Crippen LogP contribution in [0.1, 0.15) is 25.6 Å². The Bertz CT molecular complexity index is 500. The van der Waals surface area contributed by atoms with Crippen molar-refractivity contribution in [2.45, 2.75) is 26.3 Å². The van der Waals surface area contributed by atoms with Crippen molar-refractivity contribution in [3.05, 3.63) is 30.0 Å². The molecule has 1 heterocycles. The summed E-state index contributed by atoms with van der Waals surface area (Å²) in [7, 11) is 0. The lowest BCUT2D eigenvalue weighted by Gasteiger charge is -2.14. The molecule has 3 nitrogen and oxygen atoms in total. The number of aliphatic hydroxyl groups is 1. The highest BCUT2D eigenvalue weighted by Crippen LogP contribution is 2.30. The number of aromatic hydroxyl groups is 1. The normalized spacial score (nSPS) is 11.5. The van der Waals surface area contributed by atoms with Crippen molar-refractivity contribution in [3.63, 3.8) is 0 Å². The predicted molar refractivity (Wildman–Crippen MR) is 64.8 cm³/mol. The third-order valence-electron chi connectivity index (χ3n) is 2.82. The topological polar surface area (TPSA) is 45.4 Å². The summed E-state index contributed by atoms with van der Waals surface area (Å²) in [6, 6.07) is 7.81. The summed E-state index contributed by atoms with van der Waals surface area (Å²) >= 11 is 0. The molecule has 0 saturated carbocycles. The van der Waals surface area contributed by atoms with E-state index in [1.165, 1.54) is 0 Å². The number of hydrogen-bond donors (Lipinski definition) is 2. The minimum Gasteiger partial charge on any atom is -0.507 e. The number of aliphatic hydroxyl groups excluding tert-OH is 1. The summed E-state index contributed by atoms with van der Waals surface area (Å²) in [4.78, 5) is 0. The first-order valence-electron chi connectivity index (χ1n) is 5.57. The van der Waals surface area contributed by atoms with Gasteiger partial charge < -0.3 is 14.8 Å². The van der Waals surface area contributed by atoms with Crippen LogP contribution in [0.25, 0.3) is 10.9 Å². The first-order valence-corrected chi connectivity index (χ1v) is 5.57. The number of rotatable bonds is 3. The van der Waals surface area contributed by atoms with E-state index in [9.17, 15) is 5.11 Å². The number of benzene rings is 1. The monoisotopic (exact) mass is 219 g/mol. The Kier molecular flexibility index (Phi) is 2.88. The van der Waals surface area contributed by atoms with E-state index in [1.807, 2.05) is 18.2 Å². The van der Waals surface area contributed by atoms with Crippen molar-refractivity contribution in [2.24, 2.45) is 0 Å². The molecule has 0 saturated heterocycles. The van der Waals surface area contributed by atoms with E-state index < -0.39 is 0 Å². The van der Waals surface area contributed by atoms with Gasteiger partial charge in [0, 0.05) is 30.1 Å². The number of phenolic OH excluding ortho intramolecular Hbond substituents is 1. The Balaban J connectivity index is 2.70. The van der Waals surface area contributed by atoms with Gasteiger partial charge in [0.1, 0.15) is 5.75 Å². The van der Waals surface area contributed by atoms with Gasteiger partial charge in [-0.3, -0.25) is 0 Å². The van der Waals surface area contributed by atoms with E-state index >= 15 is 0 Å². The van der Waals surface area contributed by atoms with Crippen LogP contribution in [-0.4, -0.2) is 21.4 Å². The van der Waals surface area contributed by atoms with Crippen LogP contribution in [0.4, 0.5) is 0 Å². The second kappa shape index (κ2) is 4.18. The number of fused-ring (bicyclic) bond motifs is 1. The molecule has 0 aliphatic carbocycles. The number of phenols is 1.